The summed E-state index contributed by atoms with van der Waals surface area (Å²) < 4.78 is 1.53. The number of amides is 1. The second-order valence-corrected chi connectivity index (χ2v) is 7.67. The molecular weight excluding hydrogens is 419 g/mol. The van der Waals surface area contributed by atoms with Crippen molar-refractivity contribution in [3.05, 3.63) is 51.6 Å². The molecule has 1 N–H and O–H groups in total. The highest BCUT2D eigenvalue weighted by molar-refractivity contribution is 8.00. The van der Waals surface area contributed by atoms with Crippen molar-refractivity contribution >= 4 is 58.3 Å². The number of benzene rings is 1. The Morgan fingerprint density at radius 1 is 1.19 bits per heavy atom. The number of tetrazole rings is 1. The number of carbonyl (C=O) groups is 1. The molecule has 0 spiro atoms. The third-order valence-electron chi connectivity index (χ3n) is 3.21. The standard InChI is InChI=1S/C15H11Cl3N6OS/c1-8(14(25)20-13-12(18)6-10(17)7-19-13)26-15-21-22-23-24(15)11-4-2-9(16)3-5-11/h2-8H,1H3,(H,19,20,25)/t8-/m1/s1. The van der Waals surface area contributed by atoms with Gasteiger partial charge in [0.2, 0.25) is 11.1 Å². The van der Waals surface area contributed by atoms with E-state index >= 15 is 0 Å². The van der Waals surface area contributed by atoms with E-state index in [4.69, 9.17) is 34.8 Å². The highest BCUT2D eigenvalue weighted by Gasteiger charge is 2.20. The van der Waals surface area contributed by atoms with Crippen LogP contribution in [-0.2, 0) is 4.79 Å². The van der Waals surface area contributed by atoms with Gasteiger partial charge in [0, 0.05) is 11.2 Å². The van der Waals surface area contributed by atoms with Crippen LogP contribution in [0.2, 0.25) is 15.1 Å². The molecule has 26 heavy (non-hydrogen) atoms. The van der Waals surface area contributed by atoms with Crippen LogP contribution in [0.1, 0.15) is 6.92 Å². The Hall–Kier alpha value is -1.87. The number of halogens is 3. The molecule has 0 fully saturated rings. The Morgan fingerprint density at radius 3 is 2.62 bits per heavy atom. The van der Waals surface area contributed by atoms with Gasteiger partial charge in [-0.1, -0.05) is 46.6 Å². The molecule has 7 nitrogen and oxygen atoms in total. The smallest absolute Gasteiger partial charge is 0.238 e. The summed E-state index contributed by atoms with van der Waals surface area (Å²) in [6.07, 6.45) is 1.40. The molecule has 11 heteroatoms. The van der Waals surface area contributed by atoms with Crippen molar-refractivity contribution in [1.29, 1.82) is 0 Å². The predicted octanol–water partition coefficient (Wildman–Crippen LogP) is 4.14. The number of anilines is 1. The first-order valence-corrected chi connectivity index (χ1v) is 9.28. The van der Waals surface area contributed by atoms with E-state index in [0.29, 0.717) is 15.2 Å². The fraction of sp³-hybridized carbons (Fsp3) is 0.133. The Balaban J connectivity index is 1.72. The molecule has 1 atom stereocenters. The van der Waals surface area contributed by atoms with Crippen molar-refractivity contribution in [2.24, 2.45) is 0 Å². The first-order chi connectivity index (χ1) is 12.4. The molecule has 0 aliphatic heterocycles. The van der Waals surface area contributed by atoms with Crippen LogP contribution in [-0.4, -0.2) is 36.3 Å². The molecule has 0 aliphatic carbocycles. The molecule has 0 saturated heterocycles. The van der Waals surface area contributed by atoms with Gasteiger partial charge in [0.05, 0.1) is 21.0 Å². The Kier molecular flexibility index (Phi) is 5.98. The summed E-state index contributed by atoms with van der Waals surface area (Å²) in [7, 11) is 0. The van der Waals surface area contributed by atoms with Crippen LogP contribution in [0.4, 0.5) is 5.82 Å². The molecule has 134 valence electrons. The van der Waals surface area contributed by atoms with Gasteiger partial charge in [0.15, 0.2) is 5.82 Å². The monoisotopic (exact) mass is 428 g/mol. The Labute approximate surface area is 168 Å². The fourth-order valence-corrected chi connectivity index (χ4v) is 3.29. The van der Waals surface area contributed by atoms with Gasteiger partial charge < -0.3 is 5.32 Å². The normalized spacial score (nSPS) is 12.0. The second kappa shape index (κ2) is 8.22. The van der Waals surface area contributed by atoms with Gasteiger partial charge in [-0.05, 0) is 47.7 Å². The number of rotatable bonds is 5. The number of nitrogens with one attached hydrogen (secondary N) is 1. The van der Waals surface area contributed by atoms with Crippen molar-refractivity contribution in [1.82, 2.24) is 25.2 Å². The van der Waals surface area contributed by atoms with E-state index in [9.17, 15) is 4.79 Å². The van der Waals surface area contributed by atoms with E-state index in [-0.39, 0.29) is 16.7 Å². The van der Waals surface area contributed by atoms with Crippen molar-refractivity contribution < 1.29 is 4.79 Å². The van der Waals surface area contributed by atoms with Crippen molar-refractivity contribution in [2.75, 3.05) is 5.32 Å². The molecule has 1 amide bonds. The van der Waals surface area contributed by atoms with Gasteiger partial charge in [-0.15, -0.1) is 5.10 Å². The lowest BCUT2D eigenvalue weighted by molar-refractivity contribution is -0.115. The van der Waals surface area contributed by atoms with Crippen LogP contribution in [0.5, 0.6) is 0 Å². The summed E-state index contributed by atoms with van der Waals surface area (Å²) in [5.41, 5.74) is 0.733. The third kappa shape index (κ3) is 4.45. The molecule has 3 rings (SSSR count). The van der Waals surface area contributed by atoms with Crippen molar-refractivity contribution in [3.8, 4) is 5.69 Å². The Bertz CT molecular complexity index is 933. The largest absolute Gasteiger partial charge is 0.308 e. The average Bonchev–Trinajstić information content (AvgIpc) is 3.06. The fourth-order valence-electron chi connectivity index (χ4n) is 1.93. The molecule has 0 radical (unpaired) electrons. The average molecular weight is 430 g/mol. The van der Waals surface area contributed by atoms with Gasteiger partial charge in [-0.25, -0.2) is 4.98 Å². The van der Waals surface area contributed by atoms with E-state index in [2.05, 4.69) is 25.8 Å². The zero-order chi connectivity index (χ0) is 18.7. The van der Waals surface area contributed by atoms with E-state index in [1.165, 1.54) is 28.7 Å². The summed E-state index contributed by atoms with van der Waals surface area (Å²) in [6.45, 7) is 1.73. The molecule has 0 unspecified atom stereocenters. The van der Waals surface area contributed by atoms with Crippen molar-refractivity contribution in [3.63, 3.8) is 0 Å². The molecule has 0 aliphatic rings. The molecule has 0 bridgehead atoms. The molecule has 2 aromatic heterocycles. The van der Waals surface area contributed by atoms with Crippen LogP contribution in [0.25, 0.3) is 5.69 Å². The van der Waals surface area contributed by atoms with E-state index < -0.39 is 5.25 Å². The van der Waals surface area contributed by atoms with Crippen molar-refractivity contribution in [2.45, 2.75) is 17.3 Å². The lowest BCUT2D eigenvalue weighted by Gasteiger charge is -2.12. The summed E-state index contributed by atoms with van der Waals surface area (Å²) in [4.78, 5) is 16.4. The highest BCUT2D eigenvalue weighted by Crippen LogP contribution is 2.26. The topological polar surface area (TPSA) is 85.6 Å². The molecular formula is C15H11Cl3N6OS. The number of nitrogens with zero attached hydrogens (tertiary/aromatic N) is 5. The quantitative estimate of drug-likeness (QED) is 0.614. The first-order valence-electron chi connectivity index (χ1n) is 7.27. The summed E-state index contributed by atoms with van der Waals surface area (Å²) in [5.74, 6) is -0.0526. The predicted molar refractivity (Wildman–Crippen MR) is 102 cm³/mol. The third-order valence-corrected chi connectivity index (χ3v) is 4.99. The minimum atomic E-state index is -0.499. The molecule has 2 heterocycles. The van der Waals surface area contributed by atoms with Crippen LogP contribution in [0.3, 0.4) is 0 Å². The van der Waals surface area contributed by atoms with Gasteiger partial charge >= 0.3 is 0 Å². The van der Waals surface area contributed by atoms with E-state index in [0.717, 1.165) is 5.69 Å². The summed E-state index contributed by atoms with van der Waals surface area (Å²) in [6, 6.07) is 8.54. The van der Waals surface area contributed by atoms with Crippen LogP contribution >= 0.6 is 46.6 Å². The number of pyridine rings is 1. The maximum atomic E-state index is 12.4. The maximum Gasteiger partial charge on any atom is 0.238 e. The SMILES string of the molecule is C[C@@H](Sc1nnnn1-c1ccc(Cl)cc1)C(=O)Nc1ncc(Cl)cc1Cl. The number of hydrogen-bond acceptors (Lipinski definition) is 6. The van der Waals surface area contributed by atoms with Gasteiger partial charge in [0.1, 0.15) is 0 Å². The Morgan fingerprint density at radius 2 is 1.92 bits per heavy atom. The zero-order valence-electron chi connectivity index (χ0n) is 13.2. The molecule has 1 aromatic carbocycles. The van der Waals surface area contributed by atoms with Crippen LogP contribution in [0.15, 0.2) is 41.7 Å². The lowest BCUT2D eigenvalue weighted by atomic mass is 10.3. The highest BCUT2D eigenvalue weighted by atomic mass is 35.5. The second-order valence-electron chi connectivity index (χ2n) is 5.08. The summed E-state index contributed by atoms with van der Waals surface area (Å²) in [5, 5.41) is 15.5. The van der Waals surface area contributed by atoms with Crippen LogP contribution < -0.4 is 5.32 Å². The van der Waals surface area contributed by atoms with Gasteiger partial charge in [-0.3, -0.25) is 4.79 Å². The number of aromatic nitrogens is 5. The lowest BCUT2D eigenvalue weighted by Crippen LogP contribution is -2.23. The first kappa shape index (κ1) is 18.9. The number of thioether (sulfide) groups is 1. The minimum absolute atomic E-state index is 0.241. The number of carbonyl (C=O) groups excluding carboxylic acids is 1. The van der Waals surface area contributed by atoms with Gasteiger partial charge in [-0.2, -0.15) is 4.68 Å². The van der Waals surface area contributed by atoms with Gasteiger partial charge in [0.25, 0.3) is 0 Å². The maximum absolute atomic E-state index is 12.4. The van der Waals surface area contributed by atoms with E-state index in [1.54, 1.807) is 31.2 Å². The summed E-state index contributed by atoms with van der Waals surface area (Å²) >= 11 is 18.9. The number of hydrogen-bond donors (Lipinski definition) is 1. The zero-order valence-corrected chi connectivity index (χ0v) is 16.3. The minimum Gasteiger partial charge on any atom is -0.308 e. The van der Waals surface area contributed by atoms with Crippen LogP contribution in [0, 0.1) is 0 Å². The van der Waals surface area contributed by atoms with E-state index in [1.807, 2.05) is 0 Å². The molecule has 3 aromatic rings. The molecule has 0 saturated carbocycles.